The second-order valence-electron chi connectivity index (χ2n) is 8.19. The highest BCUT2D eigenvalue weighted by molar-refractivity contribution is 5.76. The van der Waals surface area contributed by atoms with Gasteiger partial charge < -0.3 is 10.2 Å². The summed E-state index contributed by atoms with van der Waals surface area (Å²) in [5.74, 6) is -0.254. The van der Waals surface area contributed by atoms with Crippen LogP contribution in [0.3, 0.4) is 0 Å². The molecule has 146 valence electrons. The zero-order valence-electron chi connectivity index (χ0n) is 16.0. The van der Waals surface area contributed by atoms with Crippen molar-refractivity contribution in [3.05, 3.63) is 71.0 Å². The van der Waals surface area contributed by atoms with E-state index in [9.17, 15) is 9.18 Å². The van der Waals surface area contributed by atoms with Gasteiger partial charge in [-0.05, 0) is 61.1 Å². The molecule has 5 heteroatoms. The van der Waals surface area contributed by atoms with E-state index in [1.54, 1.807) is 12.1 Å². The van der Waals surface area contributed by atoms with Crippen molar-refractivity contribution < 1.29 is 9.18 Å². The van der Waals surface area contributed by atoms with Gasteiger partial charge in [0.25, 0.3) is 0 Å². The van der Waals surface area contributed by atoms with Gasteiger partial charge in [0.15, 0.2) is 0 Å². The Hall–Kier alpha value is -2.40. The van der Waals surface area contributed by atoms with Crippen molar-refractivity contribution in [3.8, 4) is 0 Å². The molecule has 0 radical (unpaired) electrons. The zero-order chi connectivity index (χ0) is 19.1. The molecule has 2 aromatic rings. The van der Waals surface area contributed by atoms with Crippen molar-refractivity contribution in [1.29, 1.82) is 0 Å². The van der Waals surface area contributed by atoms with E-state index >= 15 is 0 Å². The number of carbonyl (C=O) groups excluding carboxylic acids is 1. The van der Waals surface area contributed by atoms with Crippen LogP contribution in [0.4, 0.5) is 9.18 Å². The van der Waals surface area contributed by atoms with Crippen LogP contribution >= 0.6 is 0 Å². The number of hydrogen-bond donors (Lipinski definition) is 1. The lowest BCUT2D eigenvalue weighted by molar-refractivity contribution is 0.173. The van der Waals surface area contributed by atoms with Crippen LogP contribution in [0.1, 0.15) is 42.0 Å². The summed E-state index contributed by atoms with van der Waals surface area (Å²) in [6.45, 7) is 2.91. The second kappa shape index (κ2) is 7.21. The summed E-state index contributed by atoms with van der Waals surface area (Å²) in [7, 11) is 0. The number of nitrogens with zero attached hydrogens (tertiary/aromatic N) is 2. The van der Waals surface area contributed by atoms with E-state index in [0.717, 1.165) is 37.1 Å². The maximum atomic E-state index is 13.5. The third-order valence-electron chi connectivity index (χ3n) is 6.64. The predicted octanol–water partition coefficient (Wildman–Crippen LogP) is 3.72. The maximum absolute atomic E-state index is 13.5. The molecular weight excluding hydrogens is 353 g/mol. The lowest BCUT2D eigenvalue weighted by atomic mass is 9.88. The molecule has 3 heterocycles. The molecule has 0 unspecified atom stereocenters. The van der Waals surface area contributed by atoms with Crippen LogP contribution in [0.5, 0.6) is 0 Å². The fourth-order valence-electron chi connectivity index (χ4n) is 5.28. The Bertz CT molecular complexity index is 868. The molecule has 0 aliphatic carbocycles. The topological polar surface area (TPSA) is 35.6 Å². The van der Waals surface area contributed by atoms with E-state index in [4.69, 9.17) is 0 Å². The molecule has 0 bridgehead atoms. The van der Waals surface area contributed by atoms with Crippen molar-refractivity contribution in [2.45, 2.75) is 43.8 Å². The lowest BCUT2D eigenvalue weighted by Gasteiger charge is -2.38. The fraction of sp³-hybridized carbons (Fsp3) is 0.435. The summed E-state index contributed by atoms with van der Waals surface area (Å²) >= 11 is 0. The molecule has 2 aromatic carbocycles. The summed E-state index contributed by atoms with van der Waals surface area (Å²) < 4.78 is 13.5. The number of carbonyl (C=O) groups is 1. The van der Waals surface area contributed by atoms with Gasteiger partial charge in [0, 0.05) is 25.2 Å². The molecular formula is C23H26FN3O. The largest absolute Gasteiger partial charge is 0.334 e. The van der Waals surface area contributed by atoms with Gasteiger partial charge in [0.2, 0.25) is 0 Å². The monoisotopic (exact) mass is 379 g/mol. The standard InChI is InChI=1S/C23H26FN3O/c24-18-9-7-17(8-10-18)22-19-5-2-1-4-16(19)11-15-27(22)23(28)25-20-12-14-26-13-3-6-21(20)26/h1-2,4-5,7-10,20-22H,3,6,11-15H2,(H,25,28)/t20-,21+,22-/m0/s1. The van der Waals surface area contributed by atoms with Crippen molar-refractivity contribution in [2.24, 2.45) is 0 Å². The molecule has 5 rings (SSSR count). The Labute approximate surface area is 165 Å². The first-order valence-corrected chi connectivity index (χ1v) is 10.3. The number of nitrogens with one attached hydrogen (secondary N) is 1. The average molecular weight is 379 g/mol. The van der Waals surface area contributed by atoms with Crippen molar-refractivity contribution in [3.63, 3.8) is 0 Å². The molecule has 4 nitrogen and oxygen atoms in total. The third-order valence-corrected chi connectivity index (χ3v) is 6.64. The number of hydrogen-bond acceptors (Lipinski definition) is 2. The molecule has 3 aliphatic rings. The quantitative estimate of drug-likeness (QED) is 0.863. The van der Waals surface area contributed by atoms with Crippen LogP contribution < -0.4 is 5.32 Å². The highest BCUT2D eigenvalue weighted by atomic mass is 19.1. The second-order valence-corrected chi connectivity index (χ2v) is 8.19. The van der Waals surface area contributed by atoms with Gasteiger partial charge in [-0.2, -0.15) is 0 Å². The van der Waals surface area contributed by atoms with Crippen LogP contribution in [-0.4, -0.2) is 47.5 Å². The first-order chi connectivity index (χ1) is 13.7. The van der Waals surface area contributed by atoms with Crippen LogP contribution in [0.15, 0.2) is 48.5 Å². The van der Waals surface area contributed by atoms with E-state index in [1.807, 2.05) is 17.0 Å². The molecule has 2 amide bonds. The minimum Gasteiger partial charge on any atom is -0.334 e. The number of benzene rings is 2. The van der Waals surface area contributed by atoms with Gasteiger partial charge in [-0.3, -0.25) is 4.90 Å². The predicted molar refractivity (Wildman–Crippen MR) is 107 cm³/mol. The van der Waals surface area contributed by atoms with Gasteiger partial charge in [-0.1, -0.05) is 36.4 Å². The van der Waals surface area contributed by atoms with E-state index in [0.29, 0.717) is 12.6 Å². The van der Waals surface area contributed by atoms with Crippen molar-refractivity contribution >= 4 is 6.03 Å². The minimum absolute atomic E-state index is 0.00239. The third kappa shape index (κ3) is 3.08. The Morgan fingerprint density at radius 1 is 1.00 bits per heavy atom. The van der Waals surface area contributed by atoms with E-state index in [1.165, 1.54) is 30.5 Å². The Kier molecular flexibility index (Phi) is 4.55. The zero-order valence-corrected chi connectivity index (χ0v) is 16.0. The lowest BCUT2D eigenvalue weighted by Crippen LogP contribution is -2.51. The summed E-state index contributed by atoms with van der Waals surface area (Å²) in [6.07, 6.45) is 4.28. The molecule has 0 aromatic heterocycles. The molecule has 1 N–H and O–H groups in total. The highest BCUT2D eigenvalue weighted by Crippen LogP contribution is 2.36. The number of fused-ring (bicyclic) bond motifs is 2. The number of rotatable bonds is 2. The first kappa shape index (κ1) is 17.7. The van der Waals surface area contributed by atoms with Gasteiger partial charge in [0.05, 0.1) is 6.04 Å². The number of halogens is 1. The molecule has 3 aliphatic heterocycles. The summed E-state index contributed by atoms with van der Waals surface area (Å²) in [5.41, 5.74) is 3.37. The Morgan fingerprint density at radius 2 is 1.82 bits per heavy atom. The highest BCUT2D eigenvalue weighted by Gasteiger charge is 2.40. The summed E-state index contributed by atoms with van der Waals surface area (Å²) in [6, 6.07) is 15.4. The van der Waals surface area contributed by atoms with Crippen molar-refractivity contribution in [1.82, 2.24) is 15.1 Å². The van der Waals surface area contributed by atoms with Gasteiger partial charge in [-0.15, -0.1) is 0 Å². The van der Waals surface area contributed by atoms with Gasteiger partial charge in [0.1, 0.15) is 5.82 Å². The molecule has 2 fully saturated rings. The normalized spacial score (nSPS) is 26.8. The van der Waals surface area contributed by atoms with E-state index in [2.05, 4.69) is 22.3 Å². The molecule has 28 heavy (non-hydrogen) atoms. The van der Waals surface area contributed by atoms with Gasteiger partial charge in [-0.25, -0.2) is 9.18 Å². The summed E-state index contributed by atoms with van der Waals surface area (Å²) in [4.78, 5) is 17.8. The summed E-state index contributed by atoms with van der Waals surface area (Å²) in [5, 5.41) is 3.33. The first-order valence-electron chi connectivity index (χ1n) is 10.3. The molecule has 3 atom stereocenters. The number of amides is 2. The van der Waals surface area contributed by atoms with E-state index in [-0.39, 0.29) is 23.9 Å². The van der Waals surface area contributed by atoms with Gasteiger partial charge >= 0.3 is 6.03 Å². The number of urea groups is 1. The Balaban J connectivity index is 1.43. The Morgan fingerprint density at radius 3 is 2.68 bits per heavy atom. The maximum Gasteiger partial charge on any atom is 0.318 e. The molecule has 2 saturated heterocycles. The molecule has 0 spiro atoms. The smallest absolute Gasteiger partial charge is 0.318 e. The average Bonchev–Trinajstić information content (AvgIpc) is 3.33. The fourth-order valence-corrected chi connectivity index (χ4v) is 5.28. The van der Waals surface area contributed by atoms with Crippen LogP contribution in [0.25, 0.3) is 0 Å². The van der Waals surface area contributed by atoms with Crippen LogP contribution in [-0.2, 0) is 6.42 Å². The van der Waals surface area contributed by atoms with Crippen LogP contribution in [0, 0.1) is 5.82 Å². The van der Waals surface area contributed by atoms with E-state index < -0.39 is 0 Å². The van der Waals surface area contributed by atoms with Crippen molar-refractivity contribution in [2.75, 3.05) is 19.6 Å². The minimum atomic E-state index is -0.254. The van der Waals surface area contributed by atoms with Crippen LogP contribution in [0.2, 0.25) is 0 Å². The molecule has 0 saturated carbocycles. The SMILES string of the molecule is O=C(N[C@H]1CCN2CCC[C@H]12)N1CCc2ccccc2[C@@H]1c1ccc(F)cc1.